The van der Waals surface area contributed by atoms with E-state index in [4.69, 9.17) is 0 Å². The topological polar surface area (TPSA) is 61.7 Å². The molecule has 1 aromatic carbocycles. The van der Waals surface area contributed by atoms with Crippen molar-refractivity contribution in [3.63, 3.8) is 0 Å². The smallest absolute Gasteiger partial charge is 0.223 e. The predicted octanol–water partition coefficient (Wildman–Crippen LogP) is 5.71. The second-order valence-corrected chi connectivity index (χ2v) is 11.0. The number of allylic oxidation sites excluding steroid dienone is 2. The molecule has 5 rings (SSSR count). The lowest BCUT2D eigenvalue weighted by Crippen LogP contribution is -2.51. The van der Waals surface area contributed by atoms with E-state index in [9.17, 15) is 10.0 Å². The summed E-state index contributed by atoms with van der Waals surface area (Å²) in [6.07, 6.45) is 11.1. The van der Waals surface area contributed by atoms with E-state index < -0.39 is 0 Å². The van der Waals surface area contributed by atoms with E-state index in [1.807, 2.05) is 18.2 Å². The van der Waals surface area contributed by atoms with Crippen LogP contribution in [0.2, 0.25) is 0 Å². The molecule has 0 aliphatic heterocycles. The minimum Gasteiger partial charge on any atom is -0.411 e. The molecule has 0 heterocycles. The fraction of sp³-hybridized carbons (Fsp3) is 0.630. The number of hydrogen-bond acceptors (Lipinski definition) is 3. The van der Waals surface area contributed by atoms with E-state index in [1.165, 1.54) is 30.4 Å². The molecule has 0 bridgehead atoms. The molecule has 0 aromatic heterocycles. The number of oxime groups is 1. The van der Waals surface area contributed by atoms with Gasteiger partial charge in [0.2, 0.25) is 5.91 Å². The zero-order valence-corrected chi connectivity index (χ0v) is 18.9. The first-order valence-electron chi connectivity index (χ1n) is 12.2. The standard InChI is InChI=1S/C27H36N2O2/c1-26-14-12-20(29-31)16-19(26)8-9-21-22-10-11-24(27(22,2)15-13-23(21)26)25(30)28-17-18-6-4-3-5-7-18/h3-7,16,21-24,31H,8-15,17H2,1-2H3,(H,28,30)/t21-,22-,23-,24+,26-,27-/m0/s1. The Morgan fingerprint density at radius 2 is 1.87 bits per heavy atom. The van der Waals surface area contributed by atoms with E-state index in [0.29, 0.717) is 18.4 Å². The molecule has 0 saturated heterocycles. The molecule has 1 aromatic rings. The van der Waals surface area contributed by atoms with Crippen LogP contribution in [-0.2, 0) is 11.3 Å². The van der Waals surface area contributed by atoms with Crippen molar-refractivity contribution < 1.29 is 10.0 Å². The Bertz CT molecular complexity index is 907. The number of fused-ring (bicyclic) bond motifs is 5. The van der Waals surface area contributed by atoms with Crippen LogP contribution in [0.4, 0.5) is 0 Å². The fourth-order valence-corrected chi connectivity index (χ4v) is 7.99. The molecule has 0 spiro atoms. The lowest BCUT2D eigenvalue weighted by atomic mass is 9.47. The van der Waals surface area contributed by atoms with Gasteiger partial charge in [-0.05, 0) is 91.6 Å². The quantitative estimate of drug-likeness (QED) is 0.486. The van der Waals surface area contributed by atoms with Crippen LogP contribution in [0.3, 0.4) is 0 Å². The van der Waals surface area contributed by atoms with Crippen LogP contribution in [0.25, 0.3) is 0 Å². The van der Waals surface area contributed by atoms with Gasteiger partial charge in [0.1, 0.15) is 0 Å². The maximum Gasteiger partial charge on any atom is 0.223 e. The maximum atomic E-state index is 13.2. The summed E-state index contributed by atoms with van der Waals surface area (Å²) in [5, 5.41) is 16.0. The third kappa shape index (κ3) is 3.34. The fourth-order valence-electron chi connectivity index (χ4n) is 7.99. The summed E-state index contributed by atoms with van der Waals surface area (Å²) in [7, 11) is 0. The zero-order valence-electron chi connectivity index (χ0n) is 18.9. The van der Waals surface area contributed by atoms with Crippen molar-refractivity contribution in [3.05, 3.63) is 47.5 Å². The number of rotatable bonds is 3. The summed E-state index contributed by atoms with van der Waals surface area (Å²) in [5.41, 5.74) is 3.90. The average Bonchev–Trinajstić information content (AvgIpc) is 3.15. The van der Waals surface area contributed by atoms with Gasteiger partial charge in [-0.2, -0.15) is 0 Å². The van der Waals surface area contributed by atoms with Crippen molar-refractivity contribution in [2.45, 2.75) is 71.8 Å². The summed E-state index contributed by atoms with van der Waals surface area (Å²) in [6, 6.07) is 10.2. The third-order valence-corrected chi connectivity index (χ3v) is 9.73. The molecule has 166 valence electrons. The Balaban J connectivity index is 1.32. The van der Waals surface area contributed by atoms with Crippen molar-refractivity contribution >= 4 is 11.6 Å². The molecule has 4 heteroatoms. The van der Waals surface area contributed by atoms with Crippen molar-refractivity contribution in [2.24, 2.45) is 39.7 Å². The molecular formula is C27H36N2O2. The van der Waals surface area contributed by atoms with Gasteiger partial charge in [0.25, 0.3) is 0 Å². The van der Waals surface area contributed by atoms with Crippen molar-refractivity contribution in [3.8, 4) is 0 Å². The van der Waals surface area contributed by atoms with Crippen molar-refractivity contribution in [2.75, 3.05) is 0 Å². The molecule has 4 nitrogen and oxygen atoms in total. The molecule has 4 aliphatic rings. The van der Waals surface area contributed by atoms with Crippen LogP contribution in [0.15, 0.2) is 47.1 Å². The van der Waals surface area contributed by atoms with Gasteiger partial charge in [-0.15, -0.1) is 0 Å². The average molecular weight is 421 g/mol. The molecule has 1 amide bonds. The Hall–Kier alpha value is -2.10. The van der Waals surface area contributed by atoms with Crippen LogP contribution in [0, 0.1) is 34.5 Å². The van der Waals surface area contributed by atoms with Crippen LogP contribution in [-0.4, -0.2) is 16.8 Å². The van der Waals surface area contributed by atoms with Gasteiger partial charge in [0.15, 0.2) is 0 Å². The lowest BCUT2D eigenvalue weighted by molar-refractivity contribution is -0.132. The molecule has 31 heavy (non-hydrogen) atoms. The van der Waals surface area contributed by atoms with Gasteiger partial charge in [0.05, 0.1) is 5.71 Å². The normalized spacial score (nSPS) is 40.5. The lowest BCUT2D eigenvalue weighted by Gasteiger charge is -2.58. The Labute approximate surface area is 186 Å². The molecular weight excluding hydrogens is 384 g/mol. The minimum absolute atomic E-state index is 0.131. The second kappa shape index (κ2) is 7.79. The number of hydrogen-bond donors (Lipinski definition) is 2. The first-order valence-corrected chi connectivity index (χ1v) is 12.2. The van der Waals surface area contributed by atoms with E-state index in [2.05, 4.69) is 42.5 Å². The third-order valence-electron chi connectivity index (χ3n) is 9.73. The highest BCUT2D eigenvalue weighted by molar-refractivity contribution is 5.96. The van der Waals surface area contributed by atoms with Gasteiger partial charge in [-0.3, -0.25) is 4.79 Å². The molecule has 4 aliphatic carbocycles. The Kier molecular flexibility index (Phi) is 5.22. The highest BCUT2D eigenvalue weighted by atomic mass is 16.4. The number of carbonyl (C=O) groups is 1. The molecule has 3 fully saturated rings. The summed E-state index contributed by atoms with van der Waals surface area (Å²) < 4.78 is 0. The number of amides is 1. The number of carbonyl (C=O) groups excluding carboxylic acids is 1. The first kappa shape index (κ1) is 20.8. The van der Waals surface area contributed by atoms with Crippen LogP contribution in [0.5, 0.6) is 0 Å². The van der Waals surface area contributed by atoms with Gasteiger partial charge in [0, 0.05) is 12.5 Å². The zero-order chi connectivity index (χ0) is 21.6. The van der Waals surface area contributed by atoms with Gasteiger partial charge >= 0.3 is 0 Å². The molecule has 3 saturated carbocycles. The molecule has 0 unspecified atom stereocenters. The van der Waals surface area contributed by atoms with Gasteiger partial charge in [-0.1, -0.05) is 54.9 Å². The Morgan fingerprint density at radius 3 is 2.65 bits per heavy atom. The summed E-state index contributed by atoms with van der Waals surface area (Å²) in [6.45, 7) is 5.51. The van der Waals surface area contributed by atoms with Gasteiger partial charge < -0.3 is 10.5 Å². The van der Waals surface area contributed by atoms with Crippen LogP contribution >= 0.6 is 0 Å². The highest BCUT2D eigenvalue weighted by Crippen LogP contribution is 2.66. The van der Waals surface area contributed by atoms with E-state index in [-0.39, 0.29) is 22.7 Å². The monoisotopic (exact) mass is 420 g/mol. The SMILES string of the molecule is C[C@]12CC[C@H]3[C@@H](CCC4=CC(=NO)CC[C@@]43C)[C@@H]1CC[C@@H]2C(=O)NCc1ccccc1. The summed E-state index contributed by atoms with van der Waals surface area (Å²) >= 11 is 0. The Morgan fingerprint density at radius 1 is 1.06 bits per heavy atom. The van der Waals surface area contributed by atoms with Gasteiger partial charge in [-0.25, -0.2) is 0 Å². The number of nitrogens with one attached hydrogen (secondary N) is 1. The van der Waals surface area contributed by atoms with Crippen LogP contribution < -0.4 is 5.32 Å². The van der Waals surface area contributed by atoms with Crippen molar-refractivity contribution in [1.29, 1.82) is 0 Å². The van der Waals surface area contributed by atoms with Crippen LogP contribution in [0.1, 0.15) is 70.8 Å². The molecule has 0 radical (unpaired) electrons. The highest BCUT2D eigenvalue weighted by Gasteiger charge is 2.60. The summed E-state index contributed by atoms with van der Waals surface area (Å²) in [5.74, 6) is 2.49. The predicted molar refractivity (Wildman–Crippen MR) is 123 cm³/mol. The summed E-state index contributed by atoms with van der Waals surface area (Å²) in [4.78, 5) is 13.2. The number of benzene rings is 1. The second-order valence-electron chi connectivity index (χ2n) is 11.0. The van der Waals surface area contributed by atoms with E-state index >= 15 is 0 Å². The molecule has 2 N–H and O–H groups in total. The minimum atomic E-state index is 0.131. The van der Waals surface area contributed by atoms with E-state index in [1.54, 1.807) is 0 Å². The maximum absolute atomic E-state index is 13.2. The van der Waals surface area contributed by atoms with Crippen molar-refractivity contribution in [1.82, 2.24) is 5.32 Å². The largest absolute Gasteiger partial charge is 0.411 e. The number of nitrogens with zero attached hydrogens (tertiary/aromatic N) is 1. The molecule has 6 atom stereocenters. The van der Waals surface area contributed by atoms with E-state index in [0.717, 1.165) is 43.7 Å². The first-order chi connectivity index (χ1) is 15.0.